The van der Waals surface area contributed by atoms with E-state index in [0.29, 0.717) is 16.3 Å². The molecule has 0 aliphatic heterocycles. The van der Waals surface area contributed by atoms with Gasteiger partial charge >= 0.3 is 0 Å². The highest BCUT2D eigenvalue weighted by molar-refractivity contribution is 7.84. The fourth-order valence-corrected chi connectivity index (χ4v) is 3.09. The van der Waals surface area contributed by atoms with Gasteiger partial charge in [0.15, 0.2) is 0 Å². The van der Waals surface area contributed by atoms with E-state index in [1.54, 1.807) is 7.11 Å². The van der Waals surface area contributed by atoms with Gasteiger partial charge in [-0.1, -0.05) is 24.3 Å². The zero-order chi connectivity index (χ0) is 13.8. The highest BCUT2D eigenvalue weighted by Gasteiger charge is 2.10. The molecule has 0 fully saturated rings. The summed E-state index contributed by atoms with van der Waals surface area (Å²) in [6, 6.07) is 13.2. The number of aryl methyl sites for hydroxylation is 1. The first-order chi connectivity index (χ1) is 9.11. The van der Waals surface area contributed by atoms with Crippen LogP contribution in [0.5, 0.6) is 5.75 Å². The summed E-state index contributed by atoms with van der Waals surface area (Å²) in [5, 5.41) is 0. The molecule has 0 aliphatic carbocycles. The van der Waals surface area contributed by atoms with Crippen LogP contribution in [-0.2, 0) is 16.6 Å². The van der Waals surface area contributed by atoms with Crippen molar-refractivity contribution >= 4 is 16.5 Å². The Morgan fingerprint density at radius 3 is 2.47 bits per heavy atom. The van der Waals surface area contributed by atoms with E-state index in [0.717, 1.165) is 16.9 Å². The minimum Gasteiger partial charge on any atom is -0.497 e. The molecule has 0 aromatic heterocycles. The molecule has 0 bridgehead atoms. The van der Waals surface area contributed by atoms with Gasteiger partial charge < -0.3 is 10.5 Å². The molecule has 0 heterocycles. The van der Waals surface area contributed by atoms with E-state index in [9.17, 15) is 4.21 Å². The number of rotatable bonds is 4. The number of hydrogen-bond donors (Lipinski definition) is 1. The minimum atomic E-state index is -1.13. The van der Waals surface area contributed by atoms with E-state index in [1.165, 1.54) is 0 Å². The first kappa shape index (κ1) is 13.6. The monoisotopic (exact) mass is 275 g/mol. The maximum atomic E-state index is 12.3. The standard InChI is InChI=1S/C15H17NO2S/c1-11-4-3-5-14(15(11)16)19(17)10-12-6-8-13(18-2)9-7-12/h3-9H,10,16H2,1-2H3. The molecule has 1 atom stereocenters. The second-order valence-electron chi connectivity index (χ2n) is 4.32. The molecule has 4 heteroatoms. The van der Waals surface area contributed by atoms with Crippen LogP contribution in [-0.4, -0.2) is 11.3 Å². The van der Waals surface area contributed by atoms with Crippen molar-refractivity contribution in [2.45, 2.75) is 17.6 Å². The fraction of sp³-hybridized carbons (Fsp3) is 0.200. The van der Waals surface area contributed by atoms with Gasteiger partial charge in [0.2, 0.25) is 0 Å². The van der Waals surface area contributed by atoms with Gasteiger partial charge in [0.25, 0.3) is 0 Å². The van der Waals surface area contributed by atoms with Crippen molar-refractivity contribution in [2.24, 2.45) is 0 Å². The average Bonchev–Trinajstić information content (AvgIpc) is 2.42. The van der Waals surface area contributed by atoms with E-state index < -0.39 is 10.8 Å². The highest BCUT2D eigenvalue weighted by atomic mass is 32.2. The van der Waals surface area contributed by atoms with E-state index in [4.69, 9.17) is 10.5 Å². The molecule has 3 nitrogen and oxygen atoms in total. The van der Waals surface area contributed by atoms with E-state index in [2.05, 4.69) is 0 Å². The smallest absolute Gasteiger partial charge is 0.118 e. The van der Waals surface area contributed by atoms with Gasteiger partial charge in [-0.15, -0.1) is 0 Å². The van der Waals surface area contributed by atoms with Gasteiger partial charge in [-0.05, 0) is 36.2 Å². The summed E-state index contributed by atoms with van der Waals surface area (Å²) < 4.78 is 17.4. The summed E-state index contributed by atoms with van der Waals surface area (Å²) in [6.45, 7) is 1.92. The highest BCUT2D eigenvalue weighted by Crippen LogP contribution is 2.23. The quantitative estimate of drug-likeness (QED) is 0.873. The molecule has 2 rings (SSSR count). The summed E-state index contributed by atoms with van der Waals surface area (Å²) >= 11 is 0. The lowest BCUT2D eigenvalue weighted by Crippen LogP contribution is -2.02. The molecule has 19 heavy (non-hydrogen) atoms. The van der Waals surface area contributed by atoms with Crippen molar-refractivity contribution in [1.82, 2.24) is 0 Å². The molecule has 100 valence electrons. The van der Waals surface area contributed by atoms with Crippen LogP contribution in [0.25, 0.3) is 0 Å². The van der Waals surface area contributed by atoms with Crippen molar-refractivity contribution < 1.29 is 8.95 Å². The summed E-state index contributed by atoms with van der Waals surface area (Å²) in [5.74, 6) is 1.25. The first-order valence-electron chi connectivity index (χ1n) is 5.98. The topological polar surface area (TPSA) is 52.3 Å². The Kier molecular flexibility index (Phi) is 4.22. The summed E-state index contributed by atoms with van der Waals surface area (Å²) in [7, 11) is 0.495. The van der Waals surface area contributed by atoms with Crippen molar-refractivity contribution in [3.05, 3.63) is 53.6 Å². The molecule has 0 spiro atoms. The molecule has 2 N–H and O–H groups in total. The molecule has 2 aromatic carbocycles. The Hall–Kier alpha value is -1.81. The van der Waals surface area contributed by atoms with Gasteiger partial charge in [-0.3, -0.25) is 4.21 Å². The number of hydrogen-bond acceptors (Lipinski definition) is 3. The Balaban J connectivity index is 2.18. The fourth-order valence-electron chi connectivity index (χ4n) is 1.80. The maximum Gasteiger partial charge on any atom is 0.118 e. The number of nitrogen functional groups attached to an aromatic ring is 1. The van der Waals surface area contributed by atoms with E-state index in [-0.39, 0.29) is 0 Å². The molecule has 1 unspecified atom stereocenters. The normalized spacial score (nSPS) is 12.1. The Morgan fingerprint density at radius 2 is 1.84 bits per heavy atom. The summed E-state index contributed by atoms with van der Waals surface area (Å²) in [5.41, 5.74) is 8.55. The van der Waals surface area contributed by atoms with Crippen molar-refractivity contribution in [2.75, 3.05) is 12.8 Å². The second kappa shape index (κ2) is 5.89. The van der Waals surface area contributed by atoms with E-state index >= 15 is 0 Å². The third-order valence-corrected chi connectivity index (χ3v) is 4.43. The third-order valence-electron chi connectivity index (χ3n) is 2.99. The Labute approximate surface area is 115 Å². The summed E-state index contributed by atoms with van der Waals surface area (Å²) in [4.78, 5) is 0.704. The Morgan fingerprint density at radius 1 is 1.16 bits per heavy atom. The molecular formula is C15H17NO2S. The van der Waals surface area contributed by atoms with Crippen molar-refractivity contribution in [3.8, 4) is 5.75 Å². The van der Waals surface area contributed by atoms with Crippen LogP contribution in [0.15, 0.2) is 47.4 Å². The SMILES string of the molecule is COc1ccc(CS(=O)c2cccc(C)c2N)cc1. The molecule has 0 aliphatic rings. The largest absolute Gasteiger partial charge is 0.497 e. The zero-order valence-corrected chi connectivity index (χ0v) is 11.9. The molecule has 0 radical (unpaired) electrons. The summed E-state index contributed by atoms with van der Waals surface area (Å²) in [6.07, 6.45) is 0. The predicted molar refractivity (Wildman–Crippen MR) is 78.7 cm³/mol. The number of anilines is 1. The van der Waals surface area contributed by atoms with Crippen molar-refractivity contribution in [3.63, 3.8) is 0 Å². The molecule has 2 aromatic rings. The lowest BCUT2D eigenvalue weighted by atomic mass is 10.2. The van der Waals surface area contributed by atoms with Gasteiger partial charge in [-0.25, -0.2) is 0 Å². The van der Waals surface area contributed by atoms with Gasteiger partial charge in [0.1, 0.15) is 5.75 Å². The average molecular weight is 275 g/mol. The Bertz CT molecular complexity index is 594. The van der Waals surface area contributed by atoms with Crippen LogP contribution >= 0.6 is 0 Å². The number of benzene rings is 2. The second-order valence-corrected chi connectivity index (χ2v) is 5.74. The third kappa shape index (κ3) is 3.15. The number of para-hydroxylation sites is 1. The lowest BCUT2D eigenvalue weighted by molar-refractivity contribution is 0.414. The van der Waals surface area contributed by atoms with Crippen LogP contribution in [0.4, 0.5) is 5.69 Å². The number of nitrogens with two attached hydrogens (primary N) is 1. The molecular weight excluding hydrogens is 258 g/mol. The predicted octanol–water partition coefficient (Wildman–Crippen LogP) is 2.89. The molecule has 0 saturated heterocycles. The van der Waals surface area contributed by atoms with Gasteiger partial charge in [-0.2, -0.15) is 0 Å². The molecule has 0 amide bonds. The number of methoxy groups -OCH3 is 1. The van der Waals surface area contributed by atoms with Crippen LogP contribution in [0.3, 0.4) is 0 Å². The lowest BCUT2D eigenvalue weighted by Gasteiger charge is -2.08. The maximum absolute atomic E-state index is 12.3. The van der Waals surface area contributed by atoms with Crippen molar-refractivity contribution in [1.29, 1.82) is 0 Å². The number of ether oxygens (including phenoxy) is 1. The zero-order valence-electron chi connectivity index (χ0n) is 11.1. The van der Waals surface area contributed by atoms with Gasteiger partial charge in [0.05, 0.1) is 34.2 Å². The van der Waals surface area contributed by atoms with Crippen LogP contribution in [0.2, 0.25) is 0 Å². The van der Waals surface area contributed by atoms with E-state index in [1.807, 2.05) is 49.4 Å². The van der Waals surface area contributed by atoms with Crippen LogP contribution in [0.1, 0.15) is 11.1 Å². The molecule has 0 saturated carbocycles. The first-order valence-corrected chi connectivity index (χ1v) is 7.30. The minimum absolute atomic E-state index is 0.456. The van der Waals surface area contributed by atoms with Crippen LogP contribution < -0.4 is 10.5 Å². The van der Waals surface area contributed by atoms with Gasteiger partial charge in [0, 0.05) is 0 Å². The van der Waals surface area contributed by atoms with Crippen LogP contribution in [0, 0.1) is 6.92 Å².